The van der Waals surface area contributed by atoms with E-state index in [1.807, 2.05) is 0 Å². The molecule has 0 aliphatic carbocycles. The smallest absolute Gasteiger partial charge is 0.168 e. The lowest BCUT2D eigenvalue weighted by atomic mass is 9.92. The summed E-state index contributed by atoms with van der Waals surface area (Å²) in [4.78, 5) is 33.8. The maximum Gasteiger partial charge on any atom is 0.168 e. The summed E-state index contributed by atoms with van der Waals surface area (Å²) in [7, 11) is 0. The predicted octanol–water partition coefficient (Wildman–Crippen LogP) is 1.13. The first kappa shape index (κ1) is 11.4. The Bertz CT molecular complexity index is 399. The first-order valence-electron chi connectivity index (χ1n) is 4.41. The Labute approximate surface area is 87.6 Å². The van der Waals surface area contributed by atoms with Crippen LogP contribution < -0.4 is 0 Å². The molecule has 0 saturated carbocycles. The van der Waals surface area contributed by atoms with E-state index in [1.165, 1.54) is 33.6 Å². The highest BCUT2D eigenvalue weighted by molar-refractivity contribution is 6.16. The number of allylic oxidation sites excluding steroid dienone is 2. The number of carbonyl (C=O) groups is 3. The minimum absolute atomic E-state index is 0.140. The largest absolute Gasteiger partial charge is 0.488 e. The fourth-order valence-electron chi connectivity index (χ4n) is 1.33. The van der Waals surface area contributed by atoms with Crippen molar-refractivity contribution in [3.8, 4) is 0 Å². The maximum absolute atomic E-state index is 11.3. The molecule has 0 N–H and O–H groups in total. The molecule has 0 unspecified atom stereocenters. The van der Waals surface area contributed by atoms with Crippen LogP contribution in [0.15, 0.2) is 23.0 Å². The van der Waals surface area contributed by atoms with Gasteiger partial charge in [-0.2, -0.15) is 0 Å². The fourth-order valence-corrected chi connectivity index (χ4v) is 1.33. The van der Waals surface area contributed by atoms with Crippen molar-refractivity contribution in [1.82, 2.24) is 0 Å². The molecule has 1 rings (SSSR count). The molecule has 0 amide bonds. The number of hydrogen-bond donors (Lipinski definition) is 0. The molecule has 1 aliphatic heterocycles. The van der Waals surface area contributed by atoms with E-state index in [1.54, 1.807) is 0 Å². The first-order chi connectivity index (χ1) is 6.95. The van der Waals surface area contributed by atoms with Gasteiger partial charge in [0.15, 0.2) is 24.0 Å². The van der Waals surface area contributed by atoms with Crippen LogP contribution in [0.5, 0.6) is 0 Å². The molecule has 0 fully saturated rings. The Kier molecular flexibility index (Phi) is 3.19. The Morgan fingerprint density at radius 2 is 1.60 bits per heavy atom. The van der Waals surface area contributed by atoms with Crippen molar-refractivity contribution < 1.29 is 19.1 Å². The third kappa shape index (κ3) is 2.21. The van der Waals surface area contributed by atoms with E-state index in [-0.39, 0.29) is 34.1 Å². The van der Waals surface area contributed by atoms with Gasteiger partial charge in [0.25, 0.3) is 0 Å². The zero-order chi connectivity index (χ0) is 11.6. The highest BCUT2D eigenvalue weighted by atomic mass is 16.5. The first-order valence-corrected chi connectivity index (χ1v) is 4.41. The zero-order valence-corrected chi connectivity index (χ0v) is 8.79. The van der Waals surface area contributed by atoms with Gasteiger partial charge < -0.3 is 4.74 Å². The minimum Gasteiger partial charge on any atom is -0.488 e. The van der Waals surface area contributed by atoms with Crippen molar-refractivity contribution in [1.29, 1.82) is 0 Å². The lowest BCUT2D eigenvalue weighted by Gasteiger charge is -2.16. The topological polar surface area (TPSA) is 60.4 Å². The van der Waals surface area contributed by atoms with Gasteiger partial charge in [0.2, 0.25) is 0 Å². The summed E-state index contributed by atoms with van der Waals surface area (Å²) in [6.07, 6.45) is 1.19. The van der Waals surface area contributed by atoms with Gasteiger partial charge in [-0.3, -0.25) is 14.4 Å². The SMILES string of the molecule is CC(=O)C1=CO[CH]C(C(C)=O)=C1C(C)=O. The monoisotopic (exact) mass is 207 g/mol. The van der Waals surface area contributed by atoms with Gasteiger partial charge in [-0.1, -0.05) is 0 Å². The van der Waals surface area contributed by atoms with Crippen molar-refractivity contribution in [3.05, 3.63) is 29.6 Å². The van der Waals surface area contributed by atoms with E-state index in [2.05, 4.69) is 0 Å². The second-order valence-electron chi connectivity index (χ2n) is 3.24. The molecule has 1 aliphatic rings. The number of ketones is 3. The molecule has 0 spiro atoms. The van der Waals surface area contributed by atoms with Gasteiger partial charge in [0.05, 0.1) is 17.4 Å². The zero-order valence-electron chi connectivity index (χ0n) is 8.79. The van der Waals surface area contributed by atoms with Crippen LogP contribution in [-0.2, 0) is 19.1 Å². The highest BCUT2D eigenvalue weighted by Gasteiger charge is 2.26. The number of Topliss-reactive ketones (excluding diaryl/α,β-unsaturated/α-hetero) is 3. The molecular weight excluding hydrogens is 196 g/mol. The summed E-state index contributed by atoms with van der Waals surface area (Å²) in [5.74, 6) is -0.916. The molecule has 1 heterocycles. The van der Waals surface area contributed by atoms with Crippen LogP contribution in [0.4, 0.5) is 0 Å². The summed E-state index contributed by atoms with van der Waals surface area (Å²) in [5.41, 5.74) is 0.437. The fraction of sp³-hybridized carbons (Fsp3) is 0.273. The van der Waals surface area contributed by atoms with Gasteiger partial charge in [-0.25, -0.2) is 0 Å². The maximum atomic E-state index is 11.3. The summed E-state index contributed by atoms with van der Waals surface area (Å²) in [6.45, 7) is 5.14. The van der Waals surface area contributed by atoms with Gasteiger partial charge in [0.1, 0.15) is 0 Å². The van der Waals surface area contributed by atoms with Crippen LogP contribution in [0.1, 0.15) is 20.8 Å². The van der Waals surface area contributed by atoms with Gasteiger partial charge in [0, 0.05) is 5.57 Å². The average molecular weight is 207 g/mol. The third-order valence-electron chi connectivity index (χ3n) is 2.02. The Morgan fingerprint density at radius 3 is 2.00 bits per heavy atom. The minimum atomic E-state index is -0.318. The predicted molar refractivity (Wildman–Crippen MR) is 52.5 cm³/mol. The molecule has 4 heteroatoms. The normalized spacial score (nSPS) is 15.5. The molecule has 0 aromatic heterocycles. The van der Waals surface area contributed by atoms with Crippen molar-refractivity contribution in [3.63, 3.8) is 0 Å². The number of hydrogen-bond acceptors (Lipinski definition) is 4. The second-order valence-corrected chi connectivity index (χ2v) is 3.24. The van der Waals surface area contributed by atoms with Crippen molar-refractivity contribution in [2.24, 2.45) is 0 Å². The average Bonchev–Trinajstić information content (AvgIpc) is 2.16. The molecule has 0 atom stereocenters. The van der Waals surface area contributed by atoms with Gasteiger partial charge in [-0.15, -0.1) is 0 Å². The molecular formula is C11H11O4. The molecule has 79 valence electrons. The van der Waals surface area contributed by atoms with Crippen molar-refractivity contribution in [2.45, 2.75) is 20.8 Å². The Balaban J connectivity index is 3.33. The van der Waals surface area contributed by atoms with Crippen LogP contribution in [0, 0.1) is 6.61 Å². The van der Waals surface area contributed by atoms with Crippen molar-refractivity contribution in [2.75, 3.05) is 0 Å². The van der Waals surface area contributed by atoms with Crippen LogP contribution in [0.25, 0.3) is 0 Å². The summed E-state index contributed by atoms with van der Waals surface area (Å²) < 4.78 is 4.86. The van der Waals surface area contributed by atoms with Crippen LogP contribution in [-0.4, -0.2) is 17.3 Å². The molecule has 0 bridgehead atoms. The highest BCUT2D eigenvalue weighted by Crippen LogP contribution is 2.25. The second kappa shape index (κ2) is 4.21. The summed E-state index contributed by atoms with van der Waals surface area (Å²) in [5, 5.41) is 0. The number of ether oxygens (including phenoxy) is 1. The van der Waals surface area contributed by atoms with E-state index in [0.29, 0.717) is 0 Å². The van der Waals surface area contributed by atoms with E-state index < -0.39 is 0 Å². The summed E-state index contributed by atoms with van der Waals surface area (Å²) in [6, 6.07) is 0. The number of carbonyl (C=O) groups excluding carboxylic acids is 3. The van der Waals surface area contributed by atoms with Crippen LogP contribution in [0.3, 0.4) is 0 Å². The van der Waals surface area contributed by atoms with E-state index >= 15 is 0 Å². The van der Waals surface area contributed by atoms with Crippen LogP contribution in [0.2, 0.25) is 0 Å². The Hall–Kier alpha value is -1.71. The van der Waals surface area contributed by atoms with E-state index in [9.17, 15) is 14.4 Å². The summed E-state index contributed by atoms with van der Waals surface area (Å²) >= 11 is 0. The standard InChI is InChI=1S/C11H11O4/c1-6(12)9-4-15-5-10(7(2)13)11(9)8(3)14/h4-5H,1-3H3. The van der Waals surface area contributed by atoms with Crippen LogP contribution >= 0.6 is 0 Å². The molecule has 0 aromatic carbocycles. The molecule has 15 heavy (non-hydrogen) atoms. The van der Waals surface area contributed by atoms with E-state index in [4.69, 9.17) is 4.74 Å². The van der Waals surface area contributed by atoms with Gasteiger partial charge in [-0.05, 0) is 20.8 Å². The molecule has 0 saturated heterocycles. The van der Waals surface area contributed by atoms with Gasteiger partial charge >= 0.3 is 0 Å². The third-order valence-corrected chi connectivity index (χ3v) is 2.02. The number of rotatable bonds is 3. The molecule has 4 nitrogen and oxygen atoms in total. The van der Waals surface area contributed by atoms with E-state index in [0.717, 1.165) is 0 Å². The molecule has 1 radical (unpaired) electrons. The lowest BCUT2D eigenvalue weighted by molar-refractivity contribution is -0.117. The lowest BCUT2D eigenvalue weighted by Crippen LogP contribution is -2.18. The molecule has 0 aromatic rings. The van der Waals surface area contributed by atoms with Crippen molar-refractivity contribution >= 4 is 17.3 Å². The Morgan fingerprint density at radius 1 is 1.00 bits per heavy atom. The quantitative estimate of drug-likeness (QED) is 0.695.